The Morgan fingerprint density at radius 3 is 2.73 bits per heavy atom. The first-order valence-electron chi connectivity index (χ1n) is 7.62. The highest BCUT2D eigenvalue weighted by Gasteiger charge is 2.43. The molecule has 0 N–H and O–H groups in total. The highest BCUT2D eigenvalue weighted by Crippen LogP contribution is 2.29. The molecule has 2 aliphatic heterocycles. The Balaban J connectivity index is 1.83. The van der Waals surface area contributed by atoms with Gasteiger partial charge in [0.1, 0.15) is 6.17 Å². The number of fused-ring (bicyclic) bond motifs is 1. The summed E-state index contributed by atoms with van der Waals surface area (Å²) < 4.78 is 15.3. The summed E-state index contributed by atoms with van der Waals surface area (Å²) in [6.07, 6.45) is 1.40. The number of likely N-dealkylation sites (tertiary alicyclic amines) is 1. The van der Waals surface area contributed by atoms with Crippen molar-refractivity contribution in [3.05, 3.63) is 28.0 Å². The summed E-state index contributed by atoms with van der Waals surface area (Å²) in [5, 5.41) is 0. The SMILES string of the molecule is CC(C)(C)N1C[C@@H](N2CCc3ncc(Br)cc3C2=O)[C@@H](F)C1. The minimum absolute atomic E-state index is 0.0829. The third-order valence-electron chi connectivity index (χ3n) is 4.59. The molecule has 6 heteroatoms. The third-order valence-corrected chi connectivity index (χ3v) is 5.02. The van der Waals surface area contributed by atoms with Crippen molar-refractivity contribution in [1.82, 2.24) is 14.8 Å². The van der Waals surface area contributed by atoms with Gasteiger partial charge in [-0.15, -0.1) is 0 Å². The van der Waals surface area contributed by atoms with Crippen LogP contribution in [0, 0.1) is 0 Å². The zero-order valence-electron chi connectivity index (χ0n) is 13.1. The standard InChI is InChI=1S/C16H21BrFN3O/c1-16(2,3)20-8-12(18)14(9-20)21-5-4-13-11(15(21)22)6-10(17)7-19-13/h6-7,12,14H,4-5,8-9H2,1-3H3/t12-,14+/m0/s1. The van der Waals surface area contributed by atoms with E-state index in [1.54, 1.807) is 17.2 Å². The molecule has 22 heavy (non-hydrogen) atoms. The molecule has 4 nitrogen and oxygen atoms in total. The number of pyridine rings is 1. The van der Waals surface area contributed by atoms with Crippen molar-refractivity contribution >= 4 is 21.8 Å². The lowest BCUT2D eigenvalue weighted by Gasteiger charge is -2.35. The maximum Gasteiger partial charge on any atom is 0.256 e. The molecule has 1 fully saturated rings. The molecular weight excluding hydrogens is 349 g/mol. The van der Waals surface area contributed by atoms with Gasteiger partial charge in [0.2, 0.25) is 0 Å². The predicted octanol–water partition coefficient (Wildman–Crippen LogP) is 2.66. The molecule has 0 unspecified atom stereocenters. The number of amides is 1. The third kappa shape index (κ3) is 2.78. The van der Waals surface area contributed by atoms with E-state index in [1.165, 1.54) is 0 Å². The molecule has 1 aromatic heterocycles. The summed E-state index contributed by atoms with van der Waals surface area (Å²) in [6.45, 7) is 7.77. The fourth-order valence-corrected chi connectivity index (χ4v) is 3.57. The molecule has 2 atom stereocenters. The molecule has 1 amide bonds. The van der Waals surface area contributed by atoms with Crippen LogP contribution < -0.4 is 0 Å². The molecule has 0 aromatic carbocycles. The maximum atomic E-state index is 14.5. The van der Waals surface area contributed by atoms with Crippen LogP contribution in [0.3, 0.4) is 0 Å². The average molecular weight is 370 g/mol. The van der Waals surface area contributed by atoms with E-state index >= 15 is 0 Å². The molecule has 1 aromatic rings. The summed E-state index contributed by atoms with van der Waals surface area (Å²) in [6, 6.07) is 1.43. The van der Waals surface area contributed by atoms with Crippen LogP contribution in [0.25, 0.3) is 0 Å². The second-order valence-corrected chi connectivity index (χ2v) is 7.97. The molecule has 1 saturated heterocycles. The minimum Gasteiger partial charge on any atom is -0.331 e. The quantitative estimate of drug-likeness (QED) is 0.763. The van der Waals surface area contributed by atoms with Crippen molar-refractivity contribution in [2.45, 2.75) is 44.9 Å². The lowest BCUT2D eigenvalue weighted by Crippen LogP contribution is -2.50. The van der Waals surface area contributed by atoms with Gasteiger partial charge in [-0.3, -0.25) is 14.7 Å². The van der Waals surface area contributed by atoms with Crippen molar-refractivity contribution < 1.29 is 9.18 Å². The Hall–Kier alpha value is -1.01. The Labute approximate surface area is 138 Å². The first-order valence-corrected chi connectivity index (χ1v) is 8.41. The molecular formula is C16H21BrFN3O. The van der Waals surface area contributed by atoms with E-state index in [-0.39, 0.29) is 17.5 Å². The van der Waals surface area contributed by atoms with Crippen LogP contribution in [0.5, 0.6) is 0 Å². The van der Waals surface area contributed by atoms with Crippen LogP contribution in [0.1, 0.15) is 36.8 Å². The largest absolute Gasteiger partial charge is 0.331 e. The van der Waals surface area contributed by atoms with Gasteiger partial charge in [0.05, 0.1) is 17.3 Å². The summed E-state index contributed by atoms with van der Waals surface area (Å²) >= 11 is 3.35. The lowest BCUT2D eigenvalue weighted by atomic mass is 10.0. The lowest BCUT2D eigenvalue weighted by molar-refractivity contribution is 0.0589. The molecule has 2 aliphatic rings. The van der Waals surface area contributed by atoms with Crippen LogP contribution in [0.2, 0.25) is 0 Å². The summed E-state index contributed by atoms with van der Waals surface area (Å²) in [7, 11) is 0. The Morgan fingerprint density at radius 1 is 1.36 bits per heavy atom. The minimum atomic E-state index is -0.996. The molecule has 0 saturated carbocycles. The first-order chi connectivity index (χ1) is 10.3. The highest BCUT2D eigenvalue weighted by molar-refractivity contribution is 9.10. The molecule has 0 spiro atoms. The Bertz CT molecular complexity index is 602. The van der Waals surface area contributed by atoms with Crippen LogP contribution in [-0.2, 0) is 6.42 Å². The average Bonchev–Trinajstić information content (AvgIpc) is 2.82. The maximum absolute atomic E-state index is 14.5. The van der Waals surface area contributed by atoms with Gasteiger partial charge in [-0.2, -0.15) is 0 Å². The van der Waals surface area contributed by atoms with E-state index in [0.717, 1.165) is 10.2 Å². The second kappa shape index (κ2) is 5.57. The molecule has 0 bridgehead atoms. The van der Waals surface area contributed by atoms with Crippen molar-refractivity contribution in [2.75, 3.05) is 19.6 Å². The fraction of sp³-hybridized carbons (Fsp3) is 0.625. The number of carbonyl (C=O) groups is 1. The molecule has 0 radical (unpaired) electrons. The summed E-state index contributed by atoms with van der Waals surface area (Å²) in [5.74, 6) is -0.0986. The second-order valence-electron chi connectivity index (χ2n) is 7.06. The van der Waals surface area contributed by atoms with Crippen molar-refractivity contribution in [3.8, 4) is 0 Å². The van der Waals surface area contributed by atoms with Gasteiger partial charge in [-0.25, -0.2) is 4.39 Å². The van der Waals surface area contributed by atoms with Gasteiger partial charge >= 0.3 is 0 Å². The van der Waals surface area contributed by atoms with Gasteiger partial charge in [0.15, 0.2) is 0 Å². The van der Waals surface area contributed by atoms with Crippen LogP contribution in [0.15, 0.2) is 16.7 Å². The van der Waals surface area contributed by atoms with Crippen LogP contribution in [-0.4, -0.2) is 58.1 Å². The number of hydrogen-bond acceptors (Lipinski definition) is 3. The topological polar surface area (TPSA) is 36.4 Å². The van der Waals surface area contributed by atoms with Gasteiger partial charge < -0.3 is 4.90 Å². The van der Waals surface area contributed by atoms with Crippen molar-refractivity contribution in [3.63, 3.8) is 0 Å². The van der Waals surface area contributed by atoms with Crippen LogP contribution in [0.4, 0.5) is 4.39 Å². The van der Waals surface area contributed by atoms with E-state index in [9.17, 15) is 9.18 Å². The van der Waals surface area contributed by atoms with Gasteiger partial charge in [0, 0.05) is 42.3 Å². The Morgan fingerprint density at radius 2 is 2.09 bits per heavy atom. The number of nitrogens with zero attached hydrogens (tertiary/aromatic N) is 3. The molecule has 0 aliphatic carbocycles. The zero-order valence-corrected chi connectivity index (χ0v) is 14.7. The number of rotatable bonds is 1. The molecule has 3 heterocycles. The van der Waals surface area contributed by atoms with E-state index in [0.29, 0.717) is 31.6 Å². The van der Waals surface area contributed by atoms with Crippen molar-refractivity contribution in [1.29, 1.82) is 0 Å². The zero-order chi connectivity index (χ0) is 16.1. The number of hydrogen-bond donors (Lipinski definition) is 0. The van der Waals surface area contributed by atoms with Gasteiger partial charge in [-0.1, -0.05) is 0 Å². The number of carbonyl (C=O) groups excluding carboxylic acids is 1. The smallest absolute Gasteiger partial charge is 0.256 e. The van der Waals surface area contributed by atoms with E-state index in [4.69, 9.17) is 0 Å². The fourth-order valence-electron chi connectivity index (χ4n) is 3.24. The van der Waals surface area contributed by atoms with E-state index in [2.05, 4.69) is 46.6 Å². The van der Waals surface area contributed by atoms with E-state index in [1.807, 2.05) is 0 Å². The predicted molar refractivity (Wildman–Crippen MR) is 86.7 cm³/mol. The summed E-state index contributed by atoms with van der Waals surface area (Å²) in [5.41, 5.74) is 1.33. The number of aromatic nitrogens is 1. The monoisotopic (exact) mass is 369 g/mol. The number of alkyl halides is 1. The Kier molecular flexibility index (Phi) is 4.01. The highest BCUT2D eigenvalue weighted by atomic mass is 79.9. The van der Waals surface area contributed by atoms with Gasteiger partial charge in [0.25, 0.3) is 5.91 Å². The van der Waals surface area contributed by atoms with Crippen molar-refractivity contribution in [2.24, 2.45) is 0 Å². The molecule has 3 rings (SSSR count). The summed E-state index contributed by atoms with van der Waals surface area (Å²) in [4.78, 5) is 20.9. The first kappa shape index (κ1) is 15.9. The van der Waals surface area contributed by atoms with Crippen LogP contribution >= 0.6 is 15.9 Å². The van der Waals surface area contributed by atoms with Gasteiger partial charge in [-0.05, 0) is 42.8 Å². The molecule has 120 valence electrons. The van der Waals surface area contributed by atoms with E-state index < -0.39 is 6.17 Å². The normalized spacial score (nSPS) is 26.4. The number of halogens is 2.